The van der Waals surface area contributed by atoms with E-state index in [0.717, 1.165) is 35.3 Å². The molecule has 0 aliphatic heterocycles. The summed E-state index contributed by atoms with van der Waals surface area (Å²) in [6.07, 6.45) is 7.80. The number of hydrogen-bond acceptors (Lipinski definition) is 4. The number of carbonyl (C=O) groups is 1. The average Bonchev–Trinajstić information content (AvgIpc) is 3.45. The summed E-state index contributed by atoms with van der Waals surface area (Å²) >= 11 is 0. The zero-order valence-corrected chi connectivity index (χ0v) is 18.1. The molecule has 1 N–H and O–H groups in total. The fraction of sp³-hybridized carbons (Fsp3) is 0.696. The van der Waals surface area contributed by atoms with Gasteiger partial charge in [0.25, 0.3) is 0 Å². The molecule has 1 unspecified atom stereocenters. The number of rotatable bonds is 8. The topological polar surface area (TPSA) is 55.8 Å². The number of ketones is 1. The van der Waals surface area contributed by atoms with Crippen LogP contribution < -0.4 is 10.2 Å². The van der Waals surface area contributed by atoms with Gasteiger partial charge in [-0.3, -0.25) is 4.79 Å². The highest BCUT2D eigenvalue weighted by atomic mass is 16.5. The van der Waals surface area contributed by atoms with Crippen LogP contribution in [0.3, 0.4) is 0 Å². The molecule has 0 bridgehead atoms. The molecule has 5 heteroatoms. The van der Waals surface area contributed by atoms with E-state index < -0.39 is 11.2 Å². The SMILES string of the molecule is COc1cc(BOC(C)(C)C(C)(C)O)cc2c1C(=O)CC(CCC1CC1)CC2. The Hall–Kier alpha value is -1.33. The summed E-state index contributed by atoms with van der Waals surface area (Å²) in [5.74, 6) is 2.27. The normalized spacial score (nSPS) is 20.5. The number of methoxy groups -OCH3 is 1. The van der Waals surface area contributed by atoms with Crippen LogP contribution in [0.15, 0.2) is 12.1 Å². The van der Waals surface area contributed by atoms with Crippen molar-refractivity contribution in [1.29, 1.82) is 0 Å². The number of aryl methyl sites for hydroxylation is 1. The maximum atomic E-state index is 13.0. The second-order valence-electron chi connectivity index (χ2n) is 9.74. The van der Waals surface area contributed by atoms with E-state index in [2.05, 4.69) is 6.07 Å². The molecule has 0 radical (unpaired) electrons. The number of benzene rings is 1. The molecule has 0 saturated heterocycles. The minimum absolute atomic E-state index is 0.217. The minimum Gasteiger partial charge on any atom is -0.496 e. The van der Waals surface area contributed by atoms with Crippen molar-refractivity contribution in [3.05, 3.63) is 23.3 Å². The third-order valence-corrected chi connectivity index (χ3v) is 6.79. The molecule has 2 aliphatic carbocycles. The van der Waals surface area contributed by atoms with Crippen molar-refractivity contribution in [3.8, 4) is 5.75 Å². The molecule has 1 fully saturated rings. The van der Waals surface area contributed by atoms with Crippen LogP contribution in [0.2, 0.25) is 0 Å². The molecular formula is C23H35BO4. The highest BCUT2D eigenvalue weighted by Gasteiger charge is 2.36. The lowest BCUT2D eigenvalue weighted by Crippen LogP contribution is -2.49. The second kappa shape index (κ2) is 8.20. The lowest BCUT2D eigenvalue weighted by atomic mass is 9.80. The van der Waals surface area contributed by atoms with Gasteiger partial charge in [-0.1, -0.05) is 25.3 Å². The molecule has 0 amide bonds. The molecular weight excluding hydrogens is 351 g/mol. The monoisotopic (exact) mass is 386 g/mol. The zero-order valence-electron chi connectivity index (χ0n) is 18.1. The fourth-order valence-corrected chi connectivity index (χ4v) is 3.89. The van der Waals surface area contributed by atoms with Gasteiger partial charge in [0.2, 0.25) is 0 Å². The summed E-state index contributed by atoms with van der Waals surface area (Å²) in [6, 6.07) is 4.02. The van der Waals surface area contributed by atoms with E-state index in [-0.39, 0.29) is 5.78 Å². The molecule has 2 aliphatic rings. The molecule has 154 valence electrons. The van der Waals surface area contributed by atoms with Gasteiger partial charge in [0, 0.05) is 6.42 Å². The number of Topliss-reactive ketones (excluding diaryl/α,β-unsaturated/α-hetero) is 1. The van der Waals surface area contributed by atoms with Crippen LogP contribution in [0.25, 0.3) is 0 Å². The summed E-state index contributed by atoms with van der Waals surface area (Å²) in [6.45, 7) is 7.29. The van der Waals surface area contributed by atoms with E-state index >= 15 is 0 Å². The fourth-order valence-electron chi connectivity index (χ4n) is 3.89. The predicted octanol–water partition coefficient (Wildman–Crippen LogP) is 3.56. The van der Waals surface area contributed by atoms with Gasteiger partial charge in [-0.15, -0.1) is 0 Å². The van der Waals surface area contributed by atoms with E-state index in [1.165, 1.54) is 25.7 Å². The quantitative estimate of drug-likeness (QED) is 0.548. The first-order valence-electron chi connectivity index (χ1n) is 10.7. The Morgan fingerprint density at radius 2 is 1.79 bits per heavy atom. The minimum atomic E-state index is -0.951. The van der Waals surface area contributed by atoms with Crippen molar-refractivity contribution in [2.75, 3.05) is 7.11 Å². The van der Waals surface area contributed by atoms with Crippen LogP contribution in [-0.2, 0) is 11.1 Å². The molecule has 28 heavy (non-hydrogen) atoms. The molecule has 4 nitrogen and oxygen atoms in total. The van der Waals surface area contributed by atoms with Crippen molar-refractivity contribution in [2.24, 2.45) is 11.8 Å². The highest BCUT2D eigenvalue weighted by molar-refractivity contribution is 6.47. The van der Waals surface area contributed by atoms with Gasteiger partial charge >= 0.3 is 7.48 Å². The number of carbonyl (C=O) groups excluding carboxylic acids is 1. The van der Waals surface area contributed by atoms with Crippen molar-refractivity contribution in [2.45, 2.75) is 83.8 Å². The molecule has 1 atom stereocenters. The van der Waals surface area contributed by atoms with Gasteiger partial charge in [-0.05, 0) is 75.9 Å². The second-order valence-corrected chi connectivity index (χ2v) is 9.74. The van der Waals surface area contributed by atoms with E-state index in [4.69, 9.17) is 9.39 Å². The van der Waals surface area contributed by atoms with E-state index in [9.17, 15) is 9.90 Å². The van der Waals surface area contributed by atoms with Gasteiger partial charge < -0.3 is 14.5 Å². The Balaban J connectivity index is 1.76. The number of hydrogen-bond donors (Lipinski definition) is 1. The van der Waals surface area contributed by atoms with Crippen LogP contribution in [0.4, 0.5) is 0 Å². The van der Waals surface area contributed by atoms with Gasteiger partial charge in [-0.25, -0.2) is 0 Å². The largest absolute Gasteiger partial charge is 0.496 e. The Labute approximate surface area is 170 Å². The summed E-state index contributed by atoms with van der Waals surface area (Å²) in [7, 11) is 2.00. The number of ether oxygens (including phenoxy) is 1. The molecule has 3 rings (SSSR count). The Bertz CT molecular complexity index is 716. The van der Waals surface area contributed by atoms with Gasteiger partial charge in [-0.2, -0.15) is 0 Å². The average molecular weight is 386 g/mol. The molecule has 0 aromatic heterocycles. The van der Waals surface area contributed by atoms with Gasteiger partial charge in [0.1, 0.15) is 5.75 Å². The third kappa shape index (κ3) is 4.98. The number of fused-ring (bicyclic) bond motifs is 1. The van der Waals surface area contributed by atoms with Crippen LogP contribution in [0.1, 0.15) is 82.1 Å². The van der Waals surface area contributed by atoms with Crippen molar-refractivity contribution >= 4 is 18.7 Å². The maximum absolute atomic E-state index is 13.0. The van der Waals surface area contributed by atoms with Crippen LogP contribution >= 0.6 is 0 Å². The van der Waals surface area contributed by atoms with Crippen LogP contribution in [0, 0.1) is 11.8 Å². The summed E-state index contributed by atoms with van der Waals surface area (Å²) in [5, 5.41) is 10.3. The smallest absolute Gasteiger partial charge is 0.309 e. The molecule has 1 saturated carbocycles. The lowest BCUT2D eigenvalue weighted by Gasteiger charge is -2.37. The Kier molecular flexibility index (Phi) is 6.26. The maximum Gasteiger partial charge on any atom is 0.309 e. The highest BCUT2D eigenvalue weighted by Crippen LogP contribution is 2.38. The summed E-state index contributed by atoms with van der Waals surface area (Å²) in [4.78, 5) is 13.0. The van der Waals surface area contributed by atoms with E-state index in [1.54, 1.807) is 21.0 Å². The van der Waals surface area contributed by atoms with Crippen LogP contribution in [0.5, 0.6) is 5.75 Å². The molecule has 1 aromatic rings. The molecule has 0 spiro atoms. The lowest BCUT2D eigenvalue weighted by molar-refractivity contribution is -0.0893. The Morgan fingerprint density at radius 1 is 1.11 bits per heavy atom. The van der Waals surface area contributed by atoms with Crippen molar-refractivity contribution in [1.82, 2.24) is 0 Å². The third-order valence-electron chi connectivity index (χ3n) is 6.79. The first-order chi connectivity index (χ1) is 13.1. The van der Waals surface area contributed by atoms with Crippen molar-refractivity contribution in [3.63, 3.8) is 0 Å². The first-order valence-corrected chi connectivity index (χ1v) is 10.7. The van der Waals surface area contributed by atoms with Crippen molar-refractivity contribution < 1.29 is 19.3 Å². The number of aliphatic hydroxyl groups is 1. The first kappa shape index (κ1) is 21.4. The van der Waals surface area contributed by atoms with E-state index in [1.807, 2.05) is 19.9 Å². The summed E-state index contributed by atoms with van der Waals surface area (Å²) in [5.41, 5.74) is 1.20. The standard InChI is InChI=1S/C23H35BO4/c1-22(2,26)23(3,4)28-24-18-13-17-11-10-16(9-8-15-6-7-15)12-19(25)21(17)20(14-18)27-5/h13-16,24,26H,6-12H2,1-5H3. The molecule has 1 aromatic carbocycles. The molecule has 0 heterocycles. The van der Waals surface area contributed by atoms with Gasteiger partial charge in [0.15, 0.2) is 5.78 Å². The van der Waals surface area contributed by atoms with E-state index in [0.29, 0.717) is 25.6 Å². The zero-order chi connectivity index (χ0) is 20.5. The predicted molar refractivity (Wildman–Crippen MR) is 114 cm³/mol. The Morgan fingerprint density at radius 3 is 2.39 bits per heavy atom. The summed E-state index contributed by atoms with van der Waals surface area (Å²) < 4.78 is 11.6. The van der Waals surface area contributed by atoms with Crippen LogP contribution in [-0.4, -0.2) is 36.7 Å². The van der Waals surface area contributed by atoms with Gasteiger partial charge in [0.05, 0.1) is 23.9 Å².